The number of ether oxygens (including phenoxy) is 1. The largest absolute Gasteiger partial charge is 0.413 e. The average molecular weight is 653 g/mol. The Kier molecular flexibility index (Phi) is 16.2. The highest BCUT2D eigenvalue weighted by molar-refractivity contribution is 5.95. The van der Waals surface area contributed by atoms with E-state index >= 15 is 0 Å². The molecule has 256 valence electrons. The molecule has 2 aromatic carbocycles. The summed E-state index contributed by atoms with van der Waals surface area (Å²) in [6, 6.07) is 12.2. The van der Waals surface area contributed by atoms with Crippen molar-refractivity contribution >= 4 is 35.6 Å². The van der Waals surface area contributed by atoms with Gasteiger partial charge in [0.05, 0.1) is 0 Å². The molecule has 15 heteroatoms. The lowest BCUT2D eigenvalue weighted by Gasteiger charge is -2.27. The van der Waals surface area contributed by atoms with Crippen molar-refractivity contribution in [2.45, 2.75) is 70.6 Å². The minimum absolute atomic E-state index is 0.0688. The molecular weight excluding hydrogens is 604 g/mol. The van der Waals surface area contributed by atoms with Crippen LogP contribution >= 0.6 is 0 Å². The third-order valence-corrected chi connectivity index (χ3v) is 7.07. The molecule has 2 rings (SSSR count). The van der Waals surface area contributed by atoms with Gasteiger partial charge in [0.1, 0.15) is 29.7 Å². The van der Waals surface area contributed by atoms with Crippen molar-refractivity contribution in [1.29, 1.82) is 5.41 Å². The van der Waals surface area contributed by atoms with Gasteiger partial charge in [-0.3, -0.25) is 24.8 Å². The number of hydrogen-bond donors (Lipinski definition) is 9. The highest BCUT2D eigenvalue weighted by Crippen LogP contribution is 2.11. The number of para-hydroxylation sites is 1. The summed E-state index contributed by atoms with van der Waals surface area (Å²) < 4.78 is 5.29. The molecule has 4 amide bonds. The van der Waals surface area contributed by atoms with Gasteiger partial charge in [-0.2, -0.15) is 0 Å². The Hall–Kier alpha value is -5.18. The highest BCUT2D eigenvalue weighted by Gasteiger charge is 2.31. The lowest BCUT2D eigenvalue weighted by molar-refractivity contribution is -0.133. The third-order valence-electron chi connectivity index (χ3n) is 7.07. The first-order valence-corrected chi connectivity index (χ1v) is 15.5. The van der Waals surface area contributed by atoms with Crippen molar-refractivity contribution in [1.82, 2.24) is 21.3 Å². The summed E-state index contributed by atoms with van der Waals surface area (Å²) >= 11 is 0. The Balaban J connectivity index is 2.14. The second-order valence-electron chi connectivity index (χ2n) is 11.3. The van der Waals surface area contributed by atoms with Crippen LogP contribution in [0.15, 0.2) is 59.6 Å². The molecule has 0 radical (unpaired) electrons. The van der Waals surface area contributed by atoms with Gasteiger partial charge in [0.15, 0.2) is 5.96 Å². The van der Waals surface area contributed by atoms with Gasteiger partial charge < -0.3 is 48.9 Å². The van der Waals surface area contributed by atoms with Gasteiger partial charge in [0.2, 0.25) is 17.7 Å². The predicted molar refractivity (Wildman–Crippen MR) is 180 cm³/mol. The van der Waals surface area contributed by atoms with Crippen LogP contribution in [0, 0.1) is 11.3 Å². The average Bonchev–Trinajstić information content (AvgIpc) is 3.03. The Morgan fingerprint density at radius 3 is 2.04 bits per heavy atom. The number of nitrogens with zero attached hydrogens (tertiary/aromatic N) is 1. The summed E-state index contributed by atoms with van der Waals surface area (Å²) in [5.74, 6) is -1.82. The van der Waals surface area contributed by atoms with Gasteiger partial charge in [0, 0.05) is 18.7 Å². The molecule has 0 aromatic heterocycles. The summed E-state index contributed by atoms with van der Waals surface area (Å²) in [7, 11) is 0. The monoisotopic (exact) mass is 652 g/mol. The Morgan fingerprint density at radius 1 is 0.809 bits per heavy atom. The normalized spacial score (nSPS) is 12.6. The minimum atomic E-state index is -1.03. The fourth-order valence-corrected chi connectivity index (χ4v) is 4.47. The van der Waals surface area contributed by atoms with Gasteiger partial charge in [0.25, 0.3) is 0 Å². The molecule has 13 N–H and O–H groups in total. The number of amides is 4. The molecular formula is C32H48N10O5. The van der Waals surface area contributed by atoms with Crippen molar-refractivity contribution in [3.05, 3.63) is 65.7 Å². The number of rotatable bonds is 19. The van der Waals surface area contributed by atoms with Crippen LogP contribution in [0.25, 0.3) is 0 Å². The molecule has 0 aliphatic rings. The first-order chi connectivity index (χ1) is 22.4. The quantitative estimate of drug-likeness (QED) is 0.0582. The number of benzene rings is 2. The van der Waals surface area contributed by atoms with Crippen molar-refractivity contribution in [3.8, 4) is 5.75 Å². The topological polar surface area (TPSA) is 266 Å². The van der Waals surface area contributed by atoms with Crippen molar-refractivity contribution in [2.24, 2.45) is 33.8 Å². The molecule has 3 atom stereocenters. The maximum Gasteiger partial charge on any atom is 0.413 e. The second-order valence-corrected chi connectivity index (χ2v) is 11.3. The summed E-state index contributed by atoms with van der Waals surface area (Å²) in [6.07, 6.45) is 1.23. The molecule has 0 aliphatic carbocycles. The molecule has 0 fully saturated rings. The van der Waals surface area contributed by atoms with Crippen LogP contribution in [-0.2, 0) is 20.9 Å². The van der Waals surface area contributed by atoms with E-state index in [1.807, 2.05) is 0 Å². The van der Waals surface area contributed by atoms with Gasteiger partial charge in [-0.25, -0.2) is 4.79 Å². The van der Waals surface area contributed by atoms with E-state index in [0.29, 0.717) is 37.1 Å². The van der Waals surface area contributed by atoms with E-state index in [9.17, 15) is 19.2 Å². The molecule has 2 aromatic rings. The minimum Gasteiger partial charge on any atom is -0.410 e. The predicted octanol–water partition coefficient (Wildman–Crippen LogP) is 0.552. The van der Waals surface area contributed by atoms with Crippen molar-refractivity contribution < 1.29 is 23.9 Å². The van der Waals surface area contributed by atoms with Gasteiger partial charge in [-0.15, -0.1) is 0 Å². The summed E-state index contributed by atoms with van der Waals surface area (Å²) in [5.41, 5.74) is 23.3. The van der Waals surface area contributed by atoms with E-state index in [2.05, 4.69) is 26.3 Å². The number of aliphatic imine (C=N–C) groups is 1. The fourth-order valence-electron chi connectivity index (χ4n) is 4.47. The second kappa shape index (κ2) is 20.0. The summed E-state index contributed by atoms with van der Waals surface area (Å²) in [5, 5.41) is 18.5. The number of nitrogen functional groups attached to an aromatic ring is 1. The van der Waals surface area contributed by atoms with Crippen LogP contribution in [0.1, 0.15) is 57.1 Å². The van der Waals surface area contributed by atoms with Gasteiger partial charge >= 0.3 is 6.09 Å². The van der Waals surface area contributed by atoms with Crippen LogP contribution in [0.3, 0.4) is 0 Å². The van der Waals surface area contributed by atoms with Crippen LogP contribution in [0.4, 0.5) is 4.79 Å². The number of unbranched alkanes of at least 4 members (excludes halogenated alkanes) is 1. The Morgan fingerprint density at radius 2 is 1.45 bits per heavy atom. The van der Waals surface area contributed by atoms with E-state index in [-0.39, 0.29) is 43.6 Å². The first kappa shape index (κ1) is 38.0. The van der Waals surface area contributed by atoms with Crippen molar-refractivity contribution in [2.75, 3.05) is 13.1 Å². The number of carbonyl (C=O) groups is 4. The lowest BCUT2D eigenvalue weighted by Crippen LogP contribution is -2.58. The van der Waals surface area contributed by atoms with E-state index in [1.54, 1.807) is 68.4 Å². The highest BCUT2D eigenvalue weighted by atomic mass is 16.6. The standard InChI is InChI=1S/C32H48N10O5/c1-20(2)26(42-29(44)25(11-6-7-17-33)41-32(46)47-23-9-4-3-5-10-23)30(45)40-24(12-8-18-38-31(36)37)28(43)39-19-21-13-15-22(16-14-21)27(34)35/h3-5,9-10,13-16,20,24-26H,6-8,11-12,17-19,33H2,1-2H3,(H3,34,35)(H,39,43)(H,40,45)(H,41,46)(H,42,44)(H4,36,37,38)/t24-,25-,26?/m0/s1. The maximum absolute atomic E-state index is 13.6. The van der Waals surface area contributed by atoms with Crippen molar-refractivity contribution in [3.63, 3.8) is 0 Å². The zero-order valence-electron chi connectivity index (χ0n) is 27.0. The summed E-state index contributed by atoms with van der Waals surface area (Å²) in [4.78, 5) is 56.8. The SMILES string of the molecule is CC(C)C(NC(=O)[C@H](CCCCN)NC(=O)Oc1ccccc1)C(=O)N[C@@H](CCCN=C(N)N)C(=O)NCc1ccc(C(=N)N)cc1. The van der Waals surface area contributed by atoms with E-state index in [0.717, 1.165) is 5.56 Å². The van der Waals surface area contributed by atoms with E-state index in [1.165, 1.54) is 0 Å². The number of amidine groups is 1. The van der Waals surface area contributed by atoms with Crippen LogP contribution in [0.2, 0.25) is 0 Å². The molecule has 0 spiro atoms. The molecule has 0 saturated carbocycles. The smallest absolute Gasteiger partial charge is 0.410 e. The van der Waals surface area contributed by atoms with Crippen LogP contribution in [-0.4, -0.2) is 66.8 Å². The number of carbonyl (C=O) groups excluding carboxylic acids is 4. The molecule has 15 nitrogen and oxygen atoms in total. The molecule has 1 unspecified atom stereocenters. The maximum atomic E-state index is 13.6. The molecule has 0 heterocycles. The first-order valence-electron chi connectivity index (χ1n) is 15.5. The van der Waals surface area contributed by atoms with E-state index < -0.39 is 41.9 Å². The number of hydrogen-bond acceptors (Lipinski definition) is 8. The van der Waals surface area contributed by atoms with Gasteiger partial charge in [-0.1, -0.05) is 56.3 Å². The molecule has 47 heavy (non-hydrogen) atoms. The van der Waals surface area contributed by atoms with E-state index in [4.69, 9.17) is 33.1 Å². The number of nitrogens with two attached hydrogens (primary N) is 4. The number of nitrogens with one attached hydrogen (secondary N) is 5. The molecule has 0 aliphatic heterocycles. The Bertz CT molecular complexity index is 1350. The lowest BCUT2D eigenvalue weighted by atomic mass is 10.0. The number of guanidine groups is 1. The molecule has 0 bridgehead atoms. The van der Waals surface area contributed by atoms with Gasteiger partial charge in [-0.05, 0) is 62.3 Å². The zero-order valence-corrected chi connectivity index (χ0v) is 27.0. The summed E-state index contributed by atoms with van der Waals surface area (Å²) in [6.45, 7) is 4.33. The molecule has 0 saturated heterocycles. The zero-order chi connectivity index (χ0) is 34.8. The fraction of sp³-hybridized carbons (Fsp3) is 0.438. The van der Waals surface area contributed by atoms with Crippen LogP contribution in [0.5, 0.6) is 5.75 Å². The third kappa shape index (κ3) is 14.2. The van der Waals surface area contributed by atoms with Crippen LogP contribution < -0.4 is 48.9 Å². The Labute approximate surface area is 275 Å².